The number of hydrogen-bond acceptors (Lipinski definition) is 5. The van der Waals surface area contributed by atoms with Crippen LogP contribution in [0.5, 0.6) is 0 Å². The highest BCUT2D eigenvalue weighted by Crippen LogP contribution is 2.29. The van der Waals surface area contributed by atoms with Crippen molar-refractivity contribution >= 4 is 38.0 Å². The van der Waals surface area contributed by atoms with Gasteiger partial charge in [-0.05, 0) is 18.2 Å². The van der Waals surface area contributed by atoms with Crippen molar-refractivity contribution in [2.75, 3.05) is 5.73 Å². The highest BCUT2D eigenvalue weighted by Gasteiger charge is 2.04. The molecule has 0 amide bonds. The number of aromatic nitrogens is 2. The lowest BCUT2D eigenvalue weighted by atomic mass is 10.2. The monoisotopic (exact) mass is 233 g/mol. The highest BCUT2D eigenvalue weighted by atomic mass is 32.1. The molecule has 3 nitrogen and oxygen atoms in total. The van der Waals surface area contributed by atoms with Gasteiger partial charge in [0.25, 0.3) is 0 Å². The van der Waals surface area contributed by atoms with E-state index in [4.69, 9.17) is 5.73 Å². The Morgan fingerprint density at radius 3 is 3.00 bits per heavy atom. The summed E-state index contributed by atoms with van der Waals surface area (Å²) >= 11 is 3.14. The zero-order valence-corrected chi connectivity index (χ0v) is 9.31. The largest absolute Gasteiger partial charge is 0.375 e. The number of benzene rings is 1. The van der Waals surface area contributed by atoms with Crippen LogP contribution in [0.1, 0.15) is 0 Å². The van der Waals surface area contributed by atoms with Crippen LogP contribution in [0, 0.1) is 0 Å². The van der Waals surface area contributed by atoms with Crippen molar-refractivity contribution in [3.63, 3.8) is 0 Å². The molecule has 0 fully saturated rings. The smallest absolute Gasteiger partial charge is 0.181 e. The number of hydrogen-bond donors (Lipinski definition) is 1. The fourth-order valence-electron chi connectivity index (χ4n) is 1.44. The molecule has 15 heavy (non-hydrogen) atoms. The van der Waals surface area contributed by atoms with Gasteiger partial charge in [-0.1, -0.05) is 11.3 Å². The molecule has 0 radical (unpaired) electrons. The quantitative estimate of drug-likeness (QED) is 0.703. The lowest BCUT2D eigenvalue weighted by molar-refractivity contribution is 1.42. The van der Waals surface area contributed by atoms with Crippen molar-refractivity contribution in [1.82, 2.24) is 9.97 Å². The van der Waals surface area contributed by atoms with Crippen LogP contribution in [0.15, 0.2) is 29.8 Å². The first kappa shape index (κ1) is 8.82. The average Bonchev–Trinajstić information content (AvgIpc) is 2.82. The molecule has 0 saturated carbocycles. The highest BCUT2D eigenvalue weighted by molar-refractivity contribution is 7.22. The Morgan fingerprint density at radius 1 is 1.27 bits per heavy atom. The van der Waals surface area contributed by atoms with E-state index in [1.54, 1.807) is 11.3 Å². The summed E-state index contributed by atoms with van der Waals surface area (Å²) in [5.74, 6) is 0. The Balaban J connectivity index is 2.21. The molecule has 0 aliphatic rings. The Labute approximate surface area is 94.2 Å². The zero-order valence-electron chi connectivity index (χ0n) is 7.68. The van der Waals surface area contributed by atoms with Crippen LogP contribution in [-0.4, -0.2) is 9.97 Å². The average molecular weight is 233 g/mol. The number of nitrogen functional groups attached to an aromatic ring is 1. The maximum atomic E-state index is 5.65. The van der Waals surface area contributed by atoms with Gasteiger partial charge < -0.3 is 5.73 Å². The summed E-state index contributed by atoms with van der Waals surface area (Å²) in [5, 5.41) is 3.62. The third-order valence-electron chi connectivity index (χ3n) is 2.08. The van der Waals surface area contributed by atoms with E-state index in [0.717, 1.165) is 20.8 Å². The van der Waals surface area contributed by atoms with Gasteiger partial charge in [0, 0.05) is 17.1 Å². The number of thiazole rings is 2. The molecular formula is C10H7N3S2. The maximum Gasteiger partial charge on any atom is 0.181 e. The third kappa shape index (κ3) is 1.49. The first-order valence-corrected chi connectivity index (χ1v) is 6.08. The topological polar surface area (TPSA) is 51.8 Å². The molecular weight excluding hydrogens is 226 g/mol. The summed E-state index contributed by atoms with van der Waals surface area (Å²) in [6.45, 7) is 0. The van der Waals surface area contributed by atoms with E-state index < -0.39 is 0 Å². The van der Waals surface area contributed by atoms with E-state index in [2.05, 4.69) is 16.0 Å². The van der Waals surface area contributed by atoms with Crippen molar-refractivity contribution in [3.8, 4) is 10.6 Å². The van der Waals surface area contributed by atoms with Gasteiger partial charge in [0.15, 0.2) is 5.13 Å². The SMILES string of the molecule is Nc1nc2ccc(-c3nccs3)cc2s1. The van der Waals surface area contributed by atoms with Crippen LogP contribution >= 0.6 is 22.7 Å². The molecule has 0 atom stereocenters. The third-order valence-corrected chi connectivity index (χ3v) is 3.75. The first-order valence-electron chi connectivity index (χ1n) is 4.39. The fourth-order valence-corrected chi connectivity index (χ4v) is 2.85. The van der Waals surface area contributed by atoms with Gasteiger partial charge in [-0.3, -0.25) is 0 Å². The molecule has 2 heterocycles. The maximum absolute atomic E-state index is 5.65. The lowest BCUT2D eigenvalue weighted by Gasteiger charge is -1.94. The molecule has 2 N–H and O–H groups in total. The van der Waals surface area contributed by atoms with Crippen LogP contribution in [0.2, 0.25) is 0 Å². The van der Waals surface area contributed by atoms with Crippen molar-refractivity contribution in [3.05, 3.63) is 29.8 Å². The number of anilines is 1. The molecule has 74 valence electrons. The summed E-state index contributed by atoms with van der Waals surface area (Å²) in [7, 11) is 0. The van der Waals surface area contributed by atoms with E-state index >= 15 is 0 Å². The predicted molar refractivity (Wildman–Crippen MR) is 65.1 cm³/mol. The molecule has 3 aromatic rings. The Bertz CT molecular complexity index is 598. The molecule has 2 aromatic heterocycles. The second-order valence-electron chi connectivity index (χ2n) is 3.07. The minimum atomic E-state index is 0.612. The van der Waals surface area contributed by atoms with Crippen LogP contribution in [0.25, 0.3) is 20.8 Å². The minimum absolute atomic E-state index is 0.612. The van der Waals surface area contributed by atoms with Crippen molar-refractivity contribution in [2.24, 2.45) is 0 Å². The van der Waals surface area contributed by atoms with Gasteiger partial charge in [-0.25, -0.2) is 9.97 Å². The number of nitrogens with zero attached hydrogens (tertiary/aromatic N) is 2. The summed E-state index contributed by atoms with van der Waals surface area (Å²) in [5.41, 5.74) is 7.74. The van der Waals surface area contributed by atoms with Crippen LogP contribution in [0.3, 0.4) is 0 Å². The summed E-state index contributed by atoms with van der Waals surface area (Å²) < 4.78 is 1.11. The van der Waals surface area contributed by atoms with Crippen LogP contribution in [-0.2, 0) is 0 Å². The standard InChI is InChI=1S/C10H7N3S2/c11-10-13-7-2-1-6(5-8(7)15-10)9-12-3-4-14-9/h1-5H,(H2,11,13). The van der Waals surface area contributed by atoms with E-state index in [-0.39, 0.29) is 0 Å². The fraction of sp³-hybridized carbons (Fsp3) is 0. The molecule has 0 aliphatic carbocycles. The van der Waals surface area contributed by atoms with E-state index in [0.29, 0.717) is 5.13 Å². The Morgan fingerprint density at radius 2 is 2.20 bits per heavy atom. The second-order valence-corrected chi connectivity index (χ2v) is 5.03. The normalized spacial score (nSPS) is 10.9. The first-order chi connectivity index (χ1) is 7.33. The van der Waals surface area contributed by atoms with Gasteiger partial charge in [0.05, 0.1) is 10.2 Å². The van der Waals surface area contributed by atoms with Crippen molar-refractivity contribution in [2.45, 2.75) is 0 Å². The second kappa shape index (κ2) is 3.29. The molecule has 0 spiro atoms. The molecule has 0 unspecified atom stereocenters. The van der Waals surface area contributed by atoms with Gasteiger partial charge in [0.1, 0.15) is 5.01 Å². The predicted octanol–water partition coefficient (Wildman–Crippen LogP) is 3.00. The molecule has 5 heteroatoms. The number of rotatable bonds is 1. The summed E-state index contributed by atoms with van der Waals surface area (Å²) in [4.78, 5) is 8.49. The van der Waals surface area contributed by atoms with Gasteiger partial charge >= 0.3 is 0 Å². The summed E-state index contributed by atoms with van der Waals surface area (Å²) in [6.07, 6.45) is 1.81. The molecule has 3 rings (SSSR count). The zero-order chi connectivity index (χ0) is 10.3. The lowest BCUT2D eigenvalue weighted by Crippen LogP contribution is -1.79. The van der Waals surface area contributed by atoms with Gasteiger partial charge in [-0.2, -0.15) is 0 Å². The van der Waals surface area contributed by atoms with Crippen LogP contribution in [0.4, 0.5) is 5.13 Å². The molecule has 1 aromatic carbocycles. The van der Waals surface area contributed by atoms with E-state index in [1.165, 1.54) is 11.3 Å². The van der Waals surface area contributed by atoms with E-state index in [9.17, 15) is 0 Å². The van der Waals surface area contributed by atoms with Gasteiger partial charge in [0.2, 0.25) is 0 Å². The Hall–Kier alpha value is -1.46. The number of fused-ring (bicyclic) bond motifs is 1. The Kier molecular flexibility index (Phi) is 1.93. The number of nitrogens with two attached hydrogens (primary N) is 1. The van der Waals surface area contributed by atoms with Gasteiger partial charge in [-0.15, -0.1) is 11.3 Å². The van der Waals surface area contributed by atoms with Crippen molar-refractivity contribution < 1.29 is 0 Å². The summed E-state index contributed by atoms with van der Waals surface area (Å²) in [6, 6.07) is 6.10. The molecule has 0 saturated heterocycles. The molecule has 0 bridgehead atoms. The van der Waals surface area contributed by atoms with Crippen LogP contribution < -0.4 is 5.73 Å². The van der Waals surface area contributed by atoms with Crippen molar-refractivity contribution in [1.29, 1.82) is 0 Å². The molecule has 0 aliphatic heterocycles. The van der Waals surface area contributed by atoms with E-state index in [1.807, 2.05) is 23.7 Å². The minimum Gasteiger partial charge on any atom is -0.375 e.